The summed E-state index contributed by atoms with van der Waals surface area (Å²) in [4.78, 5) is 7.45. The van der Waals surface area contributed by atoms with Crippen molar-refractivity contribution in [3.05, 3.63) is 58.7 Å². The van der Waals surface area contributed by atoms with Gasteiger partial charge in [-0.25, -0.2) is 0 Å². The number of nitrogens with one attached hydrogen (secondary N) is 1. The molecule has 4 rings (SSSR count). The summed E-state index contributed by atoms with van der Waals surface area (Å²) in [5.41, 5.74) is 7.85. The zero-order chi connectivity index (χ0) is 25.3. The highest BCUT2D eigenvalue weighted by atomic mass is 32.1. The van der Waals surface area contributed by atoms with Crippen molar-refractivity contribution in [1.82, 2.24) is 9.80 Å². The first-order valence-electron chi connectivity index (χ1n) is 13.8. The van der Waals surface area contributed by atoms with Crippen LogP contribution in [-0.2, 0) is 17.7 Å². The molecule has 0 amide bonds. The number of fused-ring (bicyclic) bond motifs is 1. The molecule has 2 heterocycles. The van der Waals surface area contributed by atoms with Gasteiger partial charge < -0.3 is 19.9 Å². The monoisotopic (exact) mass is 508 g/mol. The number of aryl methyl sites for hydroxylation is 3. The fraction of sp³-hybridized carbons (Fsp3) is 0.567. The van der Waals surface area contributed by atoms with Crippen molar-refractivity contribution in [2.45, 2.75) is 59.4 Å². The minimum atomic E-state index is 0.813. The van der Waals surface area contributed by atoms with Gasteiger partial charge in [0.15, 0.2) is 5.11 Å². The van der Waals surface area contributed by atoms with Crippen LogP contribution in [0.2, 0.25) is 0 Å². The maximum atomic E-state index is 5.99. The fourth-order valence-electron chi connectivity index (χ4n) is 5.26. The van der Waals surface area contributed by atoms with Crippen LogP contribution in [0, 0.1) is 13.8 Å². The summed E-state index contributed by atoms with van der Waals surface area (Å²) >= 11 is 5.99. The number of ether oxygens (including phenoxy) is 1. The first-order valence-corrected chi connectivity index (χ1v) is 14.2. The van der Waals surface area contributed by atoms with Crippen LogP contribution in [-0.4, -0.2) is 67.4 Å². The van der Waals surface area contributed by atoms with E-state index in [2.05, 4.69) is 77.2 Å². The molecule has 6 heteroatoms. The third-order valence-corrected chi connectivity index (χ3v) is 7.80. The van der Waals surface area contributed by atoms with Crippen molar-refractivity contribution in [3.8, 4) is 0 Å². The molecule has 0 unspecified atom stereocenters. The highest BCUT2D eigenvalue weighted by Gasteiger charge is 2.19. The number of thiocarbonyl (C=S) groups is 1. The van der Waals surface area contributed by atoms with Crippen LogP contribution in [0.3, 0.4) is 0 Å². The number of rotatable bonds is 10. The van der Waals surface area contributed by atoms with Gasteiger partial charge in [0.1, 0.15) is 0 Å². The summed E-state index contributed by atoms with van der Waals surface area (Å²) in [5, 5.41) is 4.38. The van der Waals surface area contributed by atoms with E-state index in [1.165, 1.54) is 66.7 Å². The maximum absolute atomic E-state index is 5.99. The topological polar surface area (TPSA) is 31.0 Å². The second-order valence-electron chi connectivity index (χ2n) is 10.4. The third kappa shape index (κ3) is 7.44. The van der Waals surface area contributed by atoms with Crippen molar-refractivity contribution < 1.29 is 4.74 Å². The Balaban J connectivity index is 1.46. The van der Waals surface area contributed by atoms with Gasteiger partial charge in [0.25, 0.3) is 0 Å². The lowest BCUT2D eigenvalue weighted by Crippen LogP contribution is -2.40. The number of nitrogens with zero attached hydrogens (tertiary/aromatic N) is 3. The van der Waals surface area contributed by atoms with Crippen LogP contribution >= 0.6 is 12.2 Å². The Kier molecular flexibility index (Phi) is 10.0. The molecular weight excluding hydrogens is 464 g/mol. The number of morpholine rings is 1. The Bertz CT molecular complexity index is 1000. The van der Waals surface area contributed by atoms with Gasteiger partial charge in [-0.1, -0.05) is 37.6 Å². The lowest BCUT2D eigenvalue weighted by molar-refractivity contribution is 0.0368. The van der Waals surface area contributed by atoms with Crippen molar-refractivity contribution in [1.29, 1.82) is 0 Å². The molecule has 0 saturated carbocycles. The smallest absolute Gasteiger partial charge is 0.173 e. The highest BCUT2D eigenvalue weighted by molar-refractivity contribution is 7.80. The van der Waals surface area contributed by atoms with E-state index >= 15 is 0 Å². The molecule has 0 aliphatic carbocycles. The van der Waals surface area contributed by atoms with E-state index in [9.17, 15) is 0 Å². The Labute approximate surface area is 223 Å². The molecule has 2 aromatic rings. The van der Waals surface area contributed by atoms with Crippen LogP contribution in [0.4, 0.5) is 11.4 Å². The van der Waals surface area contributed by atoms with E-state index in [1.807, 2.05) is 0 Å². The molecule has 2 aliphatic heterocycles. The van der Waals surface area contributed by atoms with E-state index in [0.29, 0.717) is 0 Å². The normalized spacial score (nSPS) is 16.0. The lowest BCUT2D eigenvalue weighted by Gasteiger charge is -2.33. The Hall–Kier alpha value is -2.15. The lowest BCUT2D eigenvalue weighted by atomic mass is 9.98. The quantitative estimate of drug-likeness (QED) is 0.410. The Morgan fingerprint density at radius 3 is 2.67 bits per heavy atom. The molecule has 2 aromatic carbocycles. The number of hydrogen-bond acceptors (Lipinski definition) is 4. The van der Waals surface area contributed by atoms with Gasteiger partial charge in [-0.15, -0.1) is 0 Å². The van der Waals surface area contributed by atoms with Gasteiger partial charge in [0.05, 0.1) is 13.2 Å². The van der Waals surface area contributed by atoms with Gasteiger partial charge in [-0.3, -0.25) is 4.90 Å². The third-order valence-electron chi connectivity index (χ3n) is 7.44. The molecule has 0 bridgehead atoms. The predicted molar refractivity (Wildman–Crippen MR) is 156 cm³/mol. The predicted octanol–water partition coefficient (Wildman–Crippen LogP) is 5.78. The van der Waals surface area contributed by atoms with E-state index in [4.69, 9.17) is 17.0 Å². The number of hydrogen-bond donors (Lipinski definition) is 1. The first kappa shape index (κ1) is 26.9. The zero-order valence-electron chi connectivity index (χ0n) is 22.5. The van der Waals surface area contributed by atoms with Crippen molar-refractivity contribution in [3.63, 3.8) is 0 Å². The first-order chi connectivity index (χ1) is 17.5. The molecule has 0 aromatic heterocycles. The van der Waals surface area contributed by atoms with Gasteiger partial charge >= 0.3 is 0 Å². The summed E-state index contributed by atoms with van der Waals surface area (Å²) in [7, 11) is 0. The minimum Gasteiger partial charge on any atom is -0.379 e. The van der Waals surface area contributed by atoms with E-state index < -0.39 is 0 Å². The van der Waals surface area contributed by atoms with Crippen LogP contribution in [0.25, 0.3) is 0 Å². The highest BCUT2D eigenvalue weighted by Crippen LogP contribution is 2.29. The van der Waals surface area contributed by atoms with Gasteiger partial charge in [-0.2, -0.15) is 0 Å². The molecule has 1 saturated heterocycles. The average molecular weight is 509 g/mol. The Morgan fingerprint density at radius 1 is 1.03 bits per heavy atom. The summed E-state index contributed by atoms with van der Waals surface area (Å²) < 4.78 is 5.52. The van der Waals surface area contributed by atoms with E-state index in [0.717, 1.165) is 63.2 Å². The molecule has 36 heavy (non-hydrogen) atoms. The van der Waals surface area contributed by atoms with Crippen LogP contribution in [0.15, 0.2) is 36.4 Å². The molecule has 5 nitrogen and oxygen atoms in total. The molecule has 0 radical (unpaired) electrons. The maximum Gasteiger partial charge on any atom is 0.173 e. The number of benzene rings is 2. The van der Waals surface area contributed by atoms with Crippen LogP contribution < -0.4 is 10.2 Å². The second kappa shape index (κ2) is 13.4. The molecular formula is C30H44N4OS. The standard InChI is InChI=1S/C30H44N4OS/c1-4-5-14-33-15-6-8-27-22-26(11-12-29(27)33)23-34(16-7-13-32-17-19-35-20-18-32)30(36)31-28-21-24(2)9-10-25(28)3/h9-12,21-22H,4-8,13-20,23H2,1-3H3,(H,31,36). The SMILES string of the molecule is CCCCN1CCCc2cc(CN(CCCN3CCOCC3)C(=S)Nc3cc(C)ccc3C)ccc21. The molecule has 196 valence electrons. The van der Waals surface area contributed by atoms with Crippen LogP contribution in [0.1, 0.15) is 54.9 Å². The van der Waals surface area contributed by atoms with E-state index in [-0.39, 0.29) is 0 Å². The molecule has 2 aliphatic rings. The summed E-state index contributed by atoms with van der Waals surface area (Å²) in [5.74, 6) is 0. The van der Waals surface area contributed by atoms with Gasteiger partial charge in [0.2, 0.25) is 0 Å². The molecule has 1 fully saturated rings. The Morgan fingerprint density at radius 2 is 1.86 bits per heavy atom. The van der Waals surface area contributed by atoms with Gasteiger partial charge in [0, 0.05) is 57.2 Å². The van der Waals surface area contributed by atoms with Crippen LogP contribution in [0.5, 0.6) is 0 Å². The average Bonchev–Trinajstić information content (AvgIpc) is 2.89. The molecule has 0 atom stereocenters. The molecule has 0 spiro atoms. The summed E-state index contributed by atoms with van der Waals surface area (Å²) in [6, 6.07) is 13.6. The van der Waals surface area contributed by atoms with Crippen molar-refractivity contribution in [2.75, 3.05) is 62.7 Å². The summed E-state index contributed by atoms with van der Waals surface area (Å²) in [6.07, 6.45) is 6.01. The van der Waals surface area contributed by atoms with Crippen molar-refractivity contribution in [2.24, 2.45) is 0 Å². The minimum absolute atomic E-state index is 0.813. The number of unbranched alkanes of at least 4 members (excludes halogenated alkanes) is 1. The number of anilines is 2. The van der Waals surface area contributed by atoms with Crippen molar-refractivity contribution >= 4 is 28.7 Å². The summed E-state index contributed by atoms with van der Waals surface area (Å²) in [6.45, 7) is 15.5. The molecule has 1 N–H and O–H groups in total. The zero-order valence-corrected chi connectivity index (χ0v) is 23.3. The largest absolute Gasteiger partial charge is 0.379 e. The van der Waals surface area contributed by atoms with E-state index in [1.54, 1.807) is 0 Å². The second-order valence-corrected chi connectivity index (χ2v) is 10.8. The van der Waals surface area contributed by atoms with Gasteiger partial charge in [-0.05, 0) is 86.1 Å². The fourth-order valence-corrected chi connectivity index (χ4v) is 5.52.